The standard InChI is InChI=1S/C24H29ClN2O4/c1-3-12-26-24(29)17(2)27(16-19-6-4-5-7-20(19)25)23(28)11-9-18-8-10-21-22(15-18)31-14-13-30-21/h4-8,10,15,17H,3,9,11-14,16H2,1-2H3,(H,26,29)/t17-/m0/s1. The average Bonchev–Trinajstić information content (AvgIpc) is 2.79. The van der Waals surface area contributed by atoms with E-state index in [4.69, 9.17) is 21.1 Å². The molecule has 0 saturated carbocycles. The van der Waals surface area contributed by atoms with Gasteiger partial charge in [-0.3, -0.25) is 9.59 Å². The quantitative estimate of drug-likeness (QED) is 0.635. The molecule has 31 heavy (non-hydrogen) atoms. The molecule has 0 radical (unpaired) electrons. The lowest BCUT2D eigenvalue weighted by Crippen LogP contribution is -2.47. The maximum Gasteiger partial charge on any atom is 0.242 e. The summed E-state index contributed by atoms with van der Waals surface area (Å²) in [7, 11) is 0. The minimum atomic E-state index is -0.601. The van der Waals surface area contributed by atoms with E-state index in [1.165, 1.54) is 0 Å². The van der Waals surface area contributed by atoms with Crippen LogP contribution in [0.3, 0.4) is 0 Å². The number of rotatable bonds is 9. The first-order valence-corrected chi connectivity index (χ1v) is 11.1. The summed E-state index contributed by atoms with van der Waals surface area (Å²) in [6.07, 6.45) is 1.65. The second-order valence-electron chi connectivity index (χ2n) is 7.56. The monoisotopic (exact) mass is 444 g/mol. The number of amides is 2. The third-order valence-electron chi connectivity index (χ3n) is 5.25. The van der Waals surface area contributed by atoms with Gasteiger partial charge in [-0.25, -0.2) is 0 Å². The van der Waals surface area contributed by atoms with Crippen LogP contribution in [-0.4, -0.2) is 42.5 Å². The Hall–Kier alpha value is -2.73. The van der Waals surface area contributed by atoms with Crippen LogP contribution in [0.5, 0.6) is 11.5 Å². The number of hydrogen-bond acceptors (Lipinski definition) is 4. The first kappa shape index (κ1) is 22.9. The van der Waals surface area contributed by atoms with Crippen LogP contribution >= 0.6 is 11.6 Å². The summed E-state index contributed by atoms with van der Waals surface area (Å²) < 4.78 is 11.2. The van der Waals surface area contributed by atoms with E-state index in [2.05, 4.69) is 5.32 Å². The number of hydrogen-bond donors (Lipinski definition) is 1. The minimum Gasteiger partial charge on any atom is -0.486 e. The van der Waals surface area contributed by atoms with Gasteiger partial charge in [-0.1, -0.05) is 42.8 Å². The SMILES string of the molecule is CCCNC(=O)[C@H](C)N(Cc1ccccc1Cl)C(=O)CCc1ccc2c(c1)OCCO2. The van der Waals surface area contributed by atoms with E-state index in [0.29, 0.717) is 37.0 Å². The van der Waals surface area contributed by atoms with Gasteiger partial charge in [-0.05, 0) is 49.1 Å². The fourth-order valence-corrected chi connectivity index (χ4v) is 3.62. The predicted molar refractivity (Wildman–Crippen MR) is 121 cm³/mol. The number of nitrogens with zero attached hydrogens (tertiary/aromatic N) is 1. The minimum absolute atomic E-state index is 0.103. The van der Waals surface area contributed by atoms with Crippen molar-refractivity contribution in [2.75, 3.05) is 19.8 Å². The summed E-state index contributed by atoms with van der Waals surface area (Å²) in [4.78, 5) is 27.4. The molecule has 0 bridgehead atoms. The number of carbonyl (C=O) groups excluding carboxylic acids is 2. The predicted octanol–water partition coefficient (Wildman–Crippen LogP) is 3.99. The van der Waals surface area contributed by atoms with Gasteiger partial charge in [-0.15, -0.1) is 0 Å². The molecule has 2 amide bonds. The lowest BCUT2D eigenvalue weighted by atomic mass is 10.1. The van der Waals surface area contributed by atoms with Crippen LogP contribution in [-0.2, 0) is 22.6 Å². The van der Waals surface area contributed by atoms with Gasteiger partial charge >= 0.3 is 0 Å². The molecule has 0 fully saturated rings. The van der Waals surface area contributed by atoms with Crippen LogP contribution in [0.4, 0.5) is 0 Å². The van der Waals surface area contributed by atoms with Crippen molar-refractivity contribution >= 4 is 23.4 Å². The Bertz CT molecular complexity index is 918. The Morgan fingerprint density at radius 1 is 1.13 bits per heavy atom. The molecule has 0 aliphatic carbocycles. The number of benzene rings is 2. The maximum atomic E-state index is 13.2. The number of ether oxygens (including phenoxy) is 2. The molecule has 0 unspecified atom stereocenters. The van der Waals surface area contributed by atoms with E-state index in [1.807, 2.05) is 43.3 Å². The number of fused-ring (bicyclic) bond motifs is 1. The smallest absolute Gasteiger partial charge is 0.242 e. The summed E-state index contributed by atoms with van der Waals surface area (Å²) in [5.74, 6) is 1.16. The van der Waals surface area contributed by atoms with Gasteiger partial charge in [0.2, 0.25) is 11.8 Å². The zero-order chi connectivity index (χ0) is 22.2. The normalized spacial score (nSPS) is 13.4. The summed E-state index contributed by atoms with van der Waals surface area (Å²) >= 11 is 6.32. The first-order chi connectivity index (χ1) is 15.0. The fourth-order valence-electron chi connectivity index (χ4n) is 3.43. The second kappa shape index (κ2) is 11.0. The van der Waals surface area contributed by atoms with Crippen molar-refractivity contribution in [3.63, 3.8) is 0 Å². The van der Waals surface area contributed by atoms with Crippen LogP contribution in [0.25, 0.3) is 0 Å². The molecule has 1 aliphatic rings. The zero-order valence-corrected chi connectivity index (χ0v) is 18.8. The van der Waals surface area contributed by atoms with Gasteiger partial charge < -0.3 is 19.7 Å². The molecule has 0 aromatic heterocycles. The molecule has 6 nitrogen and oxygen atoms in total. The lowest BCUT2D eigenvalue weighted by molar-refractivity contribution is -0.140. The van der Waals surface area contributed by atoms with Gasteiger partial charge in [-0.2, -0.15) is 0 Å². The van der Waals surface area contributed by atoms with E-state index < -0.39 is 6.04 Å². The Kier molecular flexibility index (Phi) is 8.18. The van der Waals surface area contributed by atoms with Crippen molar-refractivity contribution in [3.05, 3.63) is 58.6 Å². The van der Waals surface area contributed by atoms with Crippen LogP contribution in [0, 0.1) is 0 Å². The van der Waals surface area contributed by atoms with Crippen LogP contribution in [0.2, 0.25) is 5.02 Å². The zero-order valence-electron chi connectivity index (χ0n) is 18.0. The summed E-state index contributed by atoms with van der Waals surface area (Å²) in [6.45, 7) is 5.66. The second-order valence-corrected chi connectivity index (χ2v) is 7.97. The van der Waals surface area contributed by atoms with Crippen molar-refractivity contribution in [1.29, 1.82) is 0 Å². The van der Waals surface area contributed by atoms with Crippen molar-refractivity contribution in [2.24, 2.45) is 0 Å². The van der Waals surface area contributed by atoms with Gasteiger partial charge in [0.1, 0.15) is 19.3 Å². The molecular weight excluding hydrogens is 416 g/mol. The molecule has 7 heteroatoms. The van der Waals surface area contributed by atoms with Gasteiger partial charge in [0.25, 0.3) is 0 Å². The molecule has 1 atom stereocenters. The molecule has 1 aliphatic heterocycles. The average molecular weight is 445 g/mol. The number of aryl methyl sites for hydroxylation is 1. The Labute approximate surface area is 188 Å². The molecule has 0 saturated heterocycles. The lowest BCUT2D eigenvalue weighted by Gasteiger charge is -2.29. The summed E-state index contributed by atoms with van der Waals surface area (Å²) in [5, 5.41) is 3.46. The third kappa shape index (κ3) is 6.14. The molecule has 1 N–H and O–H groups in total. The fraction of sp³-hybridized carbons (Fsp3) is 0.417. The largest absolute Gasteiger partial charge is 0.486 e. The van der Waals surface area contributed by atoms with E-state index in [0.717, 1.165) is 23.3 Å². The summed E-state index contributed by atoms with van der Waals surface area (Å²) in [6, 6.07) is 12.5. The third-order valence-corrected chi connectivity index (χ3v) is 5.62. The topological polar surface area (TPSA) is 67.9 Å². The number of halogens is 1. The number of carbonyl (C=O) groups is 2. The number of nitrogens with one attached hydrogen (secondary N) is 1. The molecule has 2 aromatic rings. The van der Waals surface area contributed by atoms with E-state index >= 15 is 0 Å². The first-order valence-electron chi connectivity index (χ1n) is 10.7. The van der Waals surface area contributed by atoms with Crippen LogP contribution in [0.1, 0.15) is 37.8 Å². The highest BCUT2D eigenvalue weighted by Crippen LogP contribution is 2.31. The molecular formula is C24H29ClN2O4. The Morgan fingerprint density at radius 2 is 1.87 bits per heavy atom. The molecule has 3 rings (SSSR count). The highest BCUT2D eigenvalue weighted by molar-refractivity contribution is 6.31. The van der Waals surface area contributed by atoms with Crippen molar-refractivity contribution in [1.82, 2.24) is 10.2 Å². The molecule has 1 heterocycles. The molecule has 0 spiro atoms. The maximum absolute atomic E-state index is 13.2. The van der Waals surface area contributed by atoms with Gasteiger partial charge in [0.15, 0.2) is 11.5 Å². The molecule has 2 aromatic carbocycles. The van der Waals surface area contributed by atoms with E-state index in [9.17, 15) is 9.59 Å². The molecule has 166 valence electrons. The van der Waals surface area contributed by atoms with Crippen molar-refractivity contribution in [2.45, 2.75) is 45.7 Å². The van der Waals surface area contributed by atoms with Crippen molar-refractivity contribution < 1.29 is 19.1 Å². The Morgan fingerprint density at radius 3 is 2.61 bits per heavy atom. The van der Waals surface area contributed by atoms with E-state index in [1.54, 1.807) is 17.9 Å². The van der Waals surface area contributed by atoms with Crippen LogP contribution < -0.4 is 14.8 Å². The Balaban J connectivity index is 1.71. The van der Waals surface area contributed by atoms with Crippen molar-refractivity contribution in [3.8, 4) is 11.5 Å². The van der Waals surface area contributed by atoms with E-state index in [-0.39, 0.29) is 24.8 Å². The van der Waals surface area contributed by atoms with Gasteiger partial charge in [0, 0.05) is 24.5 Å². The highest BCUT2D eigenvalue weighted by Gasteiger charge is 2.26. The van der Waals surface area contributed by atoms with Crippen LogP contribution in [0.15, 0.2) is 42.5 Å². The summed E-state index contributed by atoms with van der Waals surface area (Å²) in [5.41, 5.74) is 1.80. The van der Waals surface area contributed by atoms with Gasteiger partial charge in [0.05, 0.1) is 0 Å². The highest BCUT2D eigenvalue weighted by atomic mass is 35.5.